The zero-order chi connectivity index (χ0) is 10.6. The highest BCUT2D eigenvalue weighted by molar-refractivity contribution is 5.19. The van der Waals surface area contributed by atoms with Gasteiger partial charge in [-0.3, -0.25) is 0 Å². The second-order valence-corrected chi connectivity index (χ2v) is 3.61. The first-order valence-corrected chi connectivity index (χ1v) is 4.66. The maximum absolute atomic E-state index is 13.2. The van der Waals surface area contributed by atoms with Gasteiger partial charge in [-0.15, -0.1) is 0 Å². The molecular formula is C12H15FO. The molecule has 76 valence electrons. The van der Waals surface area contributed by atoms with E-state index in [2.05, 4.69) is 0 Å². The number of aliphatic hydroxyl groups excluding tert-OH is 1. The standard InChI is InChI=1S/C12H15FO/c1-9(2)7-11(14)8-10-5-3-4-6-12(10)13/h3-7,11,14H,8H2,1-2H3. The van der Waals surface area contributed by atoms with Crippen LogP contribution in [0.5, 0.6) is 0 Å². The molecule has 0 fully saturated rings. The molecule has 2 heteroatoms. The fourth-order valence-corrected chi connectivity index (χ4v) is 1.33. The lowest BCUT2D eigenvalue weighted by Gasteiger charge is -2.07. The molecule has 1 aromatic rings. The Bertz CT molecular complexity index is 327. The summed E-state index contributed by atoms with van der Waals surface area (Å²) in [6, 6.07) is 6.52. The van der Waals surface area contributed by atoms with E-state index in [4.69, 9.17) is 0 Å². The summed E-state index contributed by atoms with van der Waals surface area (Å²) in [4.78, 5) is 0. The third-order valence-electron chi connectivity index (χ3n) is 1.91. The topological polar surface area (TPSA) is 20.2 Å². The van der Waals surface area contributed by atoms with Crippen LogP contribution in [0, 0.1) is 5.82 Å². The lowest BCUT2D eigenvalue weighted by Crippen LogP contribution is -2.08. The molecule has 1 N–H and O–H groups in total. The van der Waals surface area contributed by atoms with Crippen molar-refractivity contribution in [3.63, 3.8) is 0 Å². The van der Waals surface area contributed by atoms with E-state index in [0.717, 1.165) is 5.57 Å². The summed E-state index contributed by atoms with van der Waals surface area (Å²) in [5, 5.41) is 9.55. The fourth-order valence-electron chi connectivity index (χ4n) is 1.33. The van der Waals surface area contributed by atoms with Gasteiger partial charge in [0.1, 0.15) is 5.82 Å². The van der Waals surface area contributed by atoms with Crippen LogP contribution in [0.3, 0.4) is 0 Å². The Morgan fingerprint density at radius 1 is 1.43 bits per heavy atom. The average molecular weight is 194 g/mol. The molecule has 0 radical (unpaired) electrons. The highest BCUT2D eigenvalue weighted by Crippen LogP contribution is 2.10. The molecule has 0 bridgehead atoms. The van der Waals surface area contributed by atoms with Gasteiger partial charge in [0.05, 0.1) is 6.10 Å². The van der Waals surface area contributed by atoms with Crippen LogP contribution >= 0.6 is 0 Å². The molecule has 0 aliphatic heterocycles. The van der Waals surface area contributed by atoms with Crippen molar-refractivity contribution in [3.05, 3.63) is 47.3 Å². The Morgan fingerprint density at radius 3 is 2.64 bits per heavy atom. The molecular weight excluding hydrogens is 179 g/mol. The first kappa shape index (κ1) is 10.9. The molecule has 0 saturated heterocycles. The molecule has 0 aliphatic rings. The van der Waals surface area contributed by atoms with Gasteiger partial charge in [-0.2, -0.15) is 0 Å². The van der Waals surface area contributed by atoms with Crippen LogP contribution in [0.4, 0.5) is 4.39 Å². The predicted molar refractivity (Wildman–Crippen MR) is 55.5 cm³/mol. The van der Waals surface area contributed by atoms with Gasteiger partial charge in [0.25, 0.3) is 0 Å². The lowest BCUT2D eigenvalue weighted by atomic mass is 10.1. The molecule has 0 aliphatic carbocycles. The maximum atomic E-state index is 13.2. The van der Waals surface area contributed by atoms with Crippen LogP contribution in [0.1, 0.15) is 19.4 Å². The first-order chi connectivity index (χ1) is 6.59. The van der Waals surface area contributed by atoms with Crippen LogP contribution in [-0.2, 0) is 6.42 Å². The summed E-state index contributed by atoms with van der Waals surface area (Å²) < 4.78 is 13.2. The van der Waals surface area contributed by atoms with E-state index in [0.29, 0.717) is 12.0 Å². The van der Waals surface area contributed by atoms with E-state index in [9.17, 15) is 9.50 Å². The number of halogens is 1. The van der Waals surface area contributed by atoms with E-state index >= 15 is 0 Å². The van der Waals surface area contributed by atoms with Gasteiger partial charge >= 0.3 is 0 Å². The largest absolute Gasteiger partial charge is 0.389 e. The van der Waals surface area contributed by atoms with Crippen molar-refractivity contribution in [1.29, 1.82) is 0 Å². The van der Waals surface area contributed by atoms with Crippen molar-refractivity contribution in [2.45, 2.75) is 26.4 Å². The summed E-state index contributed by atoms with van der Waals surface area (Å²) in [5.74, 6) is -0.256. The SMILES string of the molecule is CC(C)=CC(O)Cc1ccccc1F. The minimum atomic E-state index is -0.600. The number of rotatable bonds is 3. The fraction of sp³-hybridized carbons (Fsp3) is 0.333. The molecule has 1 atom stereocenters. The smallest absolute Gasteiger partial charge is 0.126 e. The van der Waals surface area contributed by atoms with Crippen LogP contribution in [0.25, 0.3) is 0 Å². The van der Waals surface area contributed by atoms with E-state index in [1.54, 1.807) is 24.3 Å². The molecule has 14 heavy (non-hydrogen) atoms. The molecule has 1 nitrogen and oxygen atoms in total. The molecule has 0 aromatic heterocycles. The second-order valence-electron chi connectivity index (χ2n) is 3.61. The molecule has 1 aromatic carbocycles. The number of hydrogen-bond acceptors (Lipinski definition) is 1. The van der Waals surface area contributed by atoms with E-state index in [-0.39, 0.29) is 5.82 Å². The highest BCUT2D eigenvalue weighted by Gasteiger charge is 2.05. The Morgan fingerprint density at radius 2 is 2.07 bits per heavy atom. The molecule has 0 spiro atoms. The van der Waals surface area contributed by atoms with Crippen LogP contribution in [0.15, 0.2) is 35.9 Å². The van der Waals surface area contributed by atoms with Crippen molar-refractivity contribution in [2.24, 2.45) is 0 Å². The van der Waals surface area contributed by atoms with Gasteiger partial charge < -0.3 is 5.11 Å². The van der Waals surface area contributed by atoms with Crippen molar-refractivity contribution in [1.82, 2.24) is 0 Å². The quantitative estimate of drug-likeness (QED) is 0.733. The van der Waals surface area contributed by atoms with Crippen LogP contribution in [-0.4, -0.2) is 11.2 Å². The minimum absolute atomic E-state index is 0.256. The molecule has 0 amide bonds. The van der Waals surface area contributed by atoms with Gasteiger partial charge in [-0.25, -0.2) is 4.39 Å². The van der Waals surface area contributed by atoms with E-state index in [1.807, 2.05) is 13.8 Å². The lowest BCUT2D eigenvalue weighted by molar-refractivity contribution is 0.221. The molecule has 0 saturated carbocycles. The van der Waals surface area contributed by atoms with E-state index < -0.39 is 6.10 Å². The average Bonchev–Trinajstić information content (AvgIpc) is 2.07. The van der Waals surface area contributed by atoms with E-state index in [1.165, 1.54) is 6.07 Å². The van der Waals surface area contributed by atoms with Crippen molar-refractivity contribution < 1.29 is 9.50 Å². The Hall–Kier alpha value is -1.15. The maximum Gasteiger partial charge on any atom is 0.126 e. The Balaban J connectivity index is 2.70. The summed E-state index contributed by atoms with van der Waals surface area (Å²) in [6.07, 6.45) is 1.46. The third-order valence-corrected chi connectivity index (χ3v) is 1.91. The van der Waals surface area contributed by atoms with Gasteiger partial charge in [0.2, 0.25) is 0 Å². The van der Waals surface area contributed by atoms with Gasteiger partial charge in [-0.1, -0.05) is 29.8 Å². The molecule has 1 rings (SSSR count). The third kappa shape index (κ3) is 3.30. The summed E-state index contributed by atoms with van der Waals surface area (Å²) in [7, 11) is 0. The molecule has 0 heterocycles. The normalized spacial score (nSPS) is 12.3. The predicted octanol–water partition coefficient (Wildman–Crippen LogP) is 2.70. The van der Waals surface area contributed by atoms with Gasteiger partial charge in [0, 0.05) is 6.42 Å². The van der Waals surface area contributed by atoms with Gasteiger partial charge in [-0.05, 0) is 25.5 Å². The van der Waals surface area contributed by atoms with Crippen molar-refractivity contribution in [3.8, 4) is 0 Å². The second kappa shape index (κ2) is 4.91. The number of allylic oxidation sites excluding steroid dienone is 1. The van der Waals surface area contributed by atoms with Crippen LogP contribution < -0.4 is 0 Å². The van der Waals surface area contributed by atoms with Crippen molar-refractivity contribution in [2.75, 3.05) is 0 Å². The summed E-state index contributed by atoms with van der Waals surface area (Å²) >= 11 is 0. The number of hydrogen-bond donors (Lipinski definition) is 1. The Labute approximate surface area is 83.9 Å². The monoisotopic (exact) mass is 194 g/mol. The highest BCUT2D eigenvalue weighted by atomic mass is 19.1. The first-order valence-electron chi connectivity index (χ1n) is 4.66. The summed E-state index contributed by atoms with van der Waals surface area (Å²) in [6.45, 7) is 3.81. The van der Waals surface area contributed by atoms with Crippen LogP contribution in [0.2, 0.25) is 0 Å². The number of benzene rings is 1. The van der Waals surface area contributed by atoms with Gasteiger partial charge in [0.15, 0.2) is 0 Å². The molecule has 1 unspecified atom stereocenters. The minimum Gasteiger partial charge on any atom is -0.389 e. The zero-order valence-corrected chi connectivity index (χ0v) is 8.50. The zero-order valence-electron chi connectivity index (χ0n) is 8.50. The van der Waals surface area contributed by atoms with Crippen molar-refractivity contribution >= 4 is 0 Å². The Kier molecular flexibility index (Phi) is 3.84. The number of aliphatic hydroxyl groups is 1. The summed E-state index contributed by atoms with van der Waals surface area (Å²) in [5.41, 5.74) is 1.59.